The maximum Gasteiger partial charge on any atom is 0.134 e. The molecule has 0 unspecified atom stereocenters. The van der Waals surface area contributed by atoms with Gasteiger partial charge in [0.15, 0.2) is 0 Å². The zero-order valence-corrected chi connectivity index (χ0v) is 8.52. The van der Waals surface area contributed by atoms with Crippen molar-refractivity contribution in [3.8, 4) is 0 Å². The van der Waals surface area contributed by atoms with E-state index in [9.17, 15) is 0 Å². The van der Waals surface area contributed by atoms with E-state index >= 15 is 0 Å². The highest BCUT2D eigenvalue weighted by Gasteiger charge is 2.17. The Labute approximate surface area is 82.5 Å². The molecule has 0 aromatic carbocycles. The maximum atomic E-state index is 4.41. The van der Waals surface area contributed by atoms with Gasteiger partial charge < -0.3 is 0 Å². The van der Waals surface area contributed by atoms with E-state index in [0.717, 1.165) is 16.9 Å². The minimum atomic E-state index is -0.0377. The summed E-state index contributed by atoms with van der Waals surface area (Å²) in [6.45, 7) is 6.24. The minimum Gasteiger partial charge on any atom is -0.243 e. The Kier molecular flexibility index (Phi) is 1.91. The number of hydrogen-bond acceptors (Lipinski definition) is 4. The van der Waals surface area contributed by atoms with Gasteiger partial charge in [-0.1, -0.05) is 20.8 Å². The fourth-order valence-electron chi connectivity index (χ4n) is 1.14. The van der Waals surface area contributed by atoms with Gasteiger partial charge in [0.1, 0.15) is 23.2 Å². The van der Waals surface area contributed by atoms with Crippen LogP contribution in [-0.4, -0.2) is 19.9 Å². The fourth-order valence-corrected chi connectivity index (χ4v) is 1.14. The molecule has 0 bridgehead atoms. The van der Waals surface area contributed by atoms with E-state index in [2.05, 4.69) is 40.7 Å². The molecule has 0 fully saturated rings. The summed E-state index contributed by atoms with van der Waals surface area (Å²) in [5.74, 6) is 0.819. The molecule has 4 nitrogen and oxygen atoms in total. The average Bonchev–Trinajstić information content (AvgIpc) is 2.16. The highest BCUT2D eigenvalue weighted by atomic mass is 14.9. The molecule has 2 aromatic heterocycles. The van der Waals surface area contributed by atoms with Gasteiger partial charge in [-0.3, -0.25) is 0 Å². The van der Waals surface area contributed by atoms with E-state index in [0.29, 0.717) is 0 Å². The Morgan fingerprint density at radius 2 is 1.79 bits per heavy atom. The Bertz CT molecular complexity index is 459. The number of hydrogen-bond donors (Lipinski definition) is 0. The van der Waals surface area contributed by atoms with Crippen LogP contribution in [0, 0.1) is 0 Å². The third-order valence-corrected chi connectivity index (χ3v) is 1.93. The standard InChI is InChI=1S/C10H12N4/c1-10(2,3)9-12-5-7-8(14-9)4-11-6-13-7/h4-6H,1-3H3. The Hall–Kier alpha value is -1.58. The Morgan fingerprint density at radius 3 is 2.50 bits per heavy atom. The first-order valence-corrected chi connectivity index (χ1v) is 4.50. The molecule has 14 heavy (non-hydrogen) atoms. The molecule has 0 aliphatic heterocycles. The van der Waals surface area contributed by atoms with Crippen LogP contribution >= 0.6 is 0 Å². The summed E-state index contributed by atoms with van der Waals surface area (Å²) in [4.78, 5) is 16.7. The third-order valence-electron chi connectivity index (χ3n) is 1.93. The van der Waals surface area contributed by atoms with Crippen molar-refractivity contribution in [3.05, 3.63) is 24.5 Å². The van der Waals surface area contributed by atoms with Crippen molar-refractivity contribution in [2.45, 2.75) is 26.2 Å². The van der Waals surface area contributed by atoms with Crippen molar-refractivity contribution in [1.82, 2.24) is 19.9 Å². The second-order valence-electron chi connectivity index (χ2n) is 4.24. The largest absolute Gasteiger partial charge is 0.243 e. The van der Waals surface area contributed by atoms with Crippen molar-refractivity contribution >= 4 is 11.0 Å². The predicted molar refractivity (Wildman–Crippen MR) is 53.8 cm³/mol. The number of nitrogens with zero attached hydrogens (tertiary/aromatic N) is 4. The van der Waals surface area contributed by atoms with Gasteiger partial charge in [0.05, 0.1) is 12.4 Å². The number of aromatic nitrogens is 4. The molecule has 2 aromatic rings. The number of fused-ring (bicyclic) bond motifs is 1. The lowest BCUT2D eigenvalue weighted by Crippen LogP contribution is -2.15. The van der Waals surface area contributed by atoms with E-state index < -0.39 is 0 Å². The lowest BCUT2D eigenvalue weighted by Gasteiger charge is -2.15. The average molecular weight is 188 g/mol. The first-order valence-electron chi connectivity index (χ1n) is 4.50. The van der Waals surface area contributed by atoms with Gasteiger partial charge in [-0.05, 0) is 0 Å². The third kappa shape index (κ3) is 1.55. The second-order valence-corrected chi connectivity index (χ2v) is 4.24. The summed E-state index contributed by atoms with van der Waals surface area (Å²) in [7, 11) is 0. The highest BCUT2D eigenvalue weighted by molar-refractivity contribution is 5.71. The summed E-state index contributed by atoms with van der Waals surface area (Å²) >= 11 is 0. The van der Waals surface area contributed by atoms with Crippen LogP contribution in [0.25, 0.3) is 11.0 Å². The van der Waals surface area contributed by atoms with Crippen molar-refractivity contribution in [3.63, 3.8) is 0 Å². The van der Waals surface area contributed by atoms with Crippen molar-refractivity contribution in [2.75, 3.05) is 0 Å². The normalized spacial score (nSPS) is 11.9. The second kappa shape index (κ2) is 2.97. The van der Waals surface area contributed by atoms with Crippen LogP contribution < -0.4 is 0 Å². The molecule has 72 valence electrons. The quantitative estimate of drug-likeness (QED) is 0.631. The van der Waals surface area contributed by atoms with Crippen LogP contribution in [0.3, 0.4) is 0 Å². The monoisotopic (exact) mass is 188 g/mol. The van der Waals surface area contributed by atoms with E-state index in [1.165, 1.54) is 6.33 Å². The molecule has 0 amide bonds. The zero-order valence-electron chi connectivity index (χ0n) is 8.52. The van der Waals surface area contributed by atoms with Crippen LogP contribution in [-0.2, 0) is 5.41 Å². The lowest BCUT2D eigenvalue weighted by atomic mass is 9.96. The van der Waals surface area contributed by atoms with Gasteiger partial charge in [-0.25, -0.2) is 19.9 Å². The van der Waals surface area contributed by atoms with Gasteiger partial charge in [0.2, 0.25) is 0 Å². The van der Waals surface area contributed by atoms with Crippen LogP contribution in [0.4, 0.5) is 0 Å². The predicted octanol–water partition coefficient (Wildman–Crippen LogP) is 1.72. The Morgan fingerprint density at radius 1 is 1.00 bits per heavy atom. The molecule has 0 saturated heterocycles. The fraction of sp³-hybridized carbons (Fsp3) is 0.400. The Balaban J connectivity index is 2.63. The van der Waals surface area contributed by atoms with Crippen molar-refractivity contribution in [1.29, 1.82) is 0 Å². The van der Waals surface area contributed by atoms with Crippen molar-refractivity contribution < 1.29 is 0 Å². The van der Waals surface area contributed by atoms with Gasteiger partial charge in [-0.15, -0.1) is 0 Å². The van der Waals surface area contributed by atoms with E-state index in [1.807, 2.05) is 0 Å². The molecule has 2 rings (SSSR count). The summed E-state index contributed by atoms with van der Waals surface area (Å²) in [6.07, 6.45) is 4.95. The smallest absolute Gasteiger partial charge is 0.134 e. The van der Waals surface area contributed by atoms with Gasteiger partial charge in [-0.2, -0.15) is 0 Å². The molecule has 0 saturated carbocycles. The minimum absolute atomic E-state index is 0.0377. The van der Waals surface area contributed by atoms with Crippen LogP contribution in [0.5, 0.6) is 0 Å². The van der Waals surface area contributed by atoms with Crippen LogP contribution in [0.2, 0.25) is 0 Å². The van der Waals surface area contributed by atoms with Gasteiger partial charge in [0.25, 0.3) is 0 Å². The topological polar surface area (TPSA) is 51.6 Å². The highest BCUT2D eigenvalue weighted by Crippen LogP contribution is 2.18. The molecule has 0 aliphatic rings. The summed E-state index contributed by atoms with van der Waals surface area (Å²) < 4.78 is 0. The van der Waals surface area contributed by atoms with E-state index in [1.54, 1.807) is 12.4 Å². The lowest BCUT2D eigenvalue weighted by molar-refractivity contribution is 0.548. The SMILES string of the molecule is CC(C)(C)c1ncc2ncncc2n1. The molecule has 0 aliphatic carbocycles. The summed E-state index contributed by atoms with van der Waals surface area (Å²) in [5.41, 5.74) is 1.55. The maximum absolute atomic E-state index is 4.41. The van der Waals surface area contributed by atoms with Crippen LogP contribution in [0.15, 0.2) is 18.7 Å². The van der Waals surface area contributed by atoms with Gasteiger partial charge in [0, 0.05) is 5.41 Å². The molecular formula is C10H12N4. The van der Waals surface area contributed by atoms with Crippen molar-refractivity contribution in [2.24, 2.45) is 0 Å². The first kappa shape index (κ1) is 8.99. The molecule has 0 radical (unpaired) electrons. The first-order chi connectivity index (χ1) is 6.57. The van der Waals surface area contributed by atoms with Crippen LogP contribution in [0.1, 0.15) is 26.6 Å². The molecular weight excluding hydrogens is 176 g/mol. The molecule has 0 N–H and O–H groups in total. The summed E-state index contributed by atoms with van der Waals surface area (Å²) in [6, 6.07) is 0. The van der Waals surface area contributed by atoms with E-state index in [-0.39, 0.29) is 5.41 Å². The molecule has 0 atom stereocenters. The molecule has 2 heterocycles. The molecule has 4 heteroatoms. The molecule has 0 spiro atoms. The summed E-state index contributed by atoms with van der Waals surface area (Å²) in [5, 5.41) is 0. The number of rotatable bonds is 0. The van der Waals surface area contributed by atoms with Gasteiger partial charge >= 0.3 is 0 Å². The zero-order chi connectivity index (χ0) is 10.2. The van der Waals surface area contributed by atoms with E-state index in [4.69, 9.17) is 0 Å².